The standard InChI is InChI=1S/C15H18ClN3O4/c16-11-6-10(7-12(20)15(11)23)8-17-18-13(21)9-19-5-3-1-2-4-14(19)22/h6-8,20,23H,1-5,9H2,(H,18,21)/b17-8+. The molecule has 2 amide bonds. The molecule has 1 aromatic rings. The third-order valence-corrected chi connectivity index (χ3v) is 3.76. The van der Waals surface area contributed by atoms with Crippen LogP contribution in [-0.4, -0.2) is 46.2 Å². The predicted molar refractivity (Wildman–Crippen MR) is 85.6 cm³/mol. The van der Waals surface area contributed by atoms with Crippen molar-refractivity contribution >= 4 is 29.6 Å². The molecule has 1 aliphatic heterocycles. The number of carbonyl (C=O) groups is 2. The molecule has 0 spiro atoms. The molecule has 1 saturated heterocycles. The largest absolute Gasteiger partial charge is 0.504 e. The highest BCUT2D eigenvalue weighted by atomic mass is 35.5. The molecule has 1 aliphatic rings. The molecule has 0 radical (unpaired) electrons. The van der Waals surface area contributed by atoms with Gasteiger partial charge in [-0.25, -0.2) is 5.43 Å². The first-order valence-corrected chi connectivity index (χ1v) is 7.66. The summed E-state index contributed by atoms with van der Waals surface area (Å²) in [6.45, 7) is 0.551. The van der Waals surface area contributed by atoms with Gasteiger partial charge in [-0.2, -0.15) is 5.10 Å². The second-order valence-corrected chi connectivity index (χ2v) is 5.70. The summed E-state index contributed by atoms with van der Waals surface area (Å²) in [6, 6.07) is 2.65. The lowest BCUT2D eigenvalue weighted by Crippen LogP contribution is -2.39. The van der Waals surface area contributed by atoms with Crippen LogP contribution in [0.4, 0.5) is 0 Å². The van der Waals surface area contributed by atoms with Gasteiger partial charge in [-0.15, -0.1) is 0 Å². The molecule has 0 aromatic heterocycles. The van der Waals surface area contributed by atoms with Crippen LogP contribution in [0.3, 0.4) is 0 Å². The number of halogens is 1. The lowest BCUT2D eigenvalue weighted by Gasteiger charge is -2.18. The molecule has 1 aromatic carbocycles. The fraction of sp³-hybridized carbons (Fsp3) is 0.400. The molecule has 0 aliphatic carbocycles. The van der Waals surface area contributed by atoms with Crippen LogP contribution >= 0.6 is 11.6 Å². The van der Waals surface area contributed by atoms with Crippen molar-refractivity contribution in [3.8, 4) is 11.5 Å². The minimum Gasteiger partial charge on any atom is -0.504 e. The zero-order valence-electron chi connectivity index (χ0n) is 12.5. The van der Waals surface area contributed by atoms with E-state index < -0.39 is 11.7 Å². The SMILES string of the molecule is O=C(CN1CCCCCC1=O)N/N=C/c1cc(O)c(O)c(Cl)c1. The Hall–Kier alpha value is -2.28. The van der Waals surface area contributed by atoms with Crippen molar-refractivity contribution in [2.24, 2.45) is 5.10 Å². The van der Waals surface area contributed by atoms with E-state index in [1.54, 1.807) is 0 Å². The van der Waals surface area contributed by atoms with Crippen LogP contribution in [0.15, 0.2) is 17.2 Å². The highest BCUT2D eigenvalue weighted by Crippen LogP contribution is 2.33. The molecule has 1 heterocycles. The molecule has 124 valence electrons. The topological polar surface area (TPSA) is 102 Å². The molecule has 23 heavy (non-hydrogen) atoms. The molecule has 0 saturated carbocycles. The Morgan fingerprint density at radius 1 is 1.35 bits per heavy atom. The summed E-state index contributed by atoms with van der Waals surface area (Å²) < 4.78 is 0. The molecule has 8 heteroatoms. The number of carbonyl (C=O) groups excluding carboxylic acids is 2. The zero-order chi connectivity index (χ0) is 16.8. The van der Waals surface area contributed by atoms with Crippen LogP contribution in [0.2, 0.25) is 5.02 Å². The van der Waals surface area contributed by atoms with E-state index in [2.05, 4.69) is 10.5 Å². The molecule has 1 fully saturated rings. The van der Waals surface area contributed by atoms with Crippen molar-refractivity contribution in [2.75, 3.05) is 13.1 Å². The molecule has 2 rings (SSSR count). The van der Waals surface area contributed by atoms with E-state index >= 15 is 0 Å². The number of hydrazone groups is 1. The van der Waals surface area contributed by atoms with Crippen LogP contribution in [-0.2, 0) is 9.59 Å². The lowest BCUT2D eigenvalue weighted by atomic mass is 10.2. The van der Waals surface area contributed by atoms with Gasteiger partial charge in [0, 0.05) is 13.0 Å². The minimum absolute atomic E-state index is 0.0168. The first kappa shape index (κ1) is 17.1. The minimum atomic E-state index is -0.410. The van der Waals surface area contributed by atoms with Crippen LogP contribution in [0.5, 0.6) is 11.5 Å². The first-order valence-electron chi connectivity index (χ1n) is 7.28. The van der Waals surface area contributed by atoms with Gasteiger partial charge < -0.3 is 15.1 Å². The van der Waals surface area contributed by atoms with Crippen molar-refractivity contribution in [1.82, 2.24) is 10.3 Å². The van der Waals surface area contributed by atoms with Gasteiger partial charge in [0.2, 0.25) is 5.91 Å². The van der Waals surface area contributed by atoms with Gasteiger partial charge >= 0.3 is 0 Å². The lowest BCUT2D eigenvalue weighted by molar-refractivity contribution is -0.135. The van der Waals surface area contributed by atoms with Gasteiger partial charge in [0.25, 0.3) is 5.91 Å². The Bertz CT molecular complexity index is 610. The van der Waals surface area contributed by atoms with Gasteiger partial charge in [-0.3, -0.25) is 9.59 Å². The molecule has 0 unspecified atom stereocenters. The number of amides is 2. The molecular weight excluding hydrogens is 322 g/mol. The van der Waals surface area contributed by atoms with Crippen molar-refractivity contribution < 1.29 is 19.8 Å². The average molecular weight is 340 g/mol. The Labute approximate surface area is 138 Å². The van der Waals surface area contributed by atoms with E-state index in [-0.39, 0.29) is 23.2 Å². The number of nitrogens with one attached hydrogen (secondary N) is 1. The Balaban J connectivity index is 1.89. The Morgan fingerprint density at radius 2 is 2.13 bits per heavy atom. The first-order chi connectivity index (χ1) is 11.0. The third kappa shape index (κ3) is 4.85. The maximum absolute atomic E-state index is 11.8. The summed E-state index contributed by atoms with van der Waals surface area (Å²) >= 11 is 5.72. The predicted octanol–water partition coefficient (Wildman–Crippen LogP) is 1.60. The summed E-state index contributed by atoms with van der Waals surface area (Å²) in [4.78, 5) is 25.1. The van der Waals surface area contributed by atoms with E-state index in [1.165, 1.54) is 23.2 Å². The summed E-state index contributed by atoms with van der Waals surface area (Å²) in [5, 5.41) is 22.5. The van der Waals surface area contributed by atoms with Gasteiger partial charge in [-0.05, 0) is 30.5 Å². The smallest absolute Gasteiger partial charge is 0.259 e. The van der Waals surface area contributed by atoms with E-state index in [4.69, 9.17) is 11.6 Å². The molecule has 0 atom stereocenters. The normalized spacial score (nSPS) is 15.7. The second-order valence-electron chi connectivity index (χ2n) is 5.29. The van der Waals surface area contributed by atoms with Crippen LogP contribution in [0.1, 0.15) is 31.2 Å². The number of phenols is 2. The maximum Gasteiger partial charge on any atom is 0.259 e. The highest BCUT2D eigenvalue weighted by Gasteiger charge is 2.18. The Morgan fingerprint density at radius 3 is 2.87 bits per heavy atom. The fourth-order valence-corrected chi connectivity index (χ4v) is 2.50. The molecule has 3 N–H and O–H groups in total. The summed E-state index contributed by atoms with van der Waals surface area (Å²) in [5.74, 6) is -1.20. The summed E-state index contributed by atoms with van der Waals surface area (Å²) in [6.07, 6.45) is 4.51. The number of aromatic hydroxyl groups is 2. The molecule has 0 bridgehead atoms. The van der Waals surface area contributed by atoms with Gasteiger partial charge in [0.1, 0.15) is 6.54 Å². The van der Waals surface area contributed by atoms with E-state index in [0.717, 1.165) is 19.3 Å². The Kier molecular flexibility index (Phi) is 5.81. The number of nitrogens with zero attached hydrogens (tertiary/aromatic N) is 2. The number of hydrogen-bond acceptors (Lipinski definition) is 5. The quantitative estimate of drug-likeness (QED) is 0.440. The zero-order valence-corrected chi connectivity index (χ0v) is 13.2. The number of likely N-dealkylation sites (tertiary alicyclic amines) is 1. The van der Waals surface area contributed by atoms with Gasteiger partial charge in [0.05, 0.1) is 11.2 Å². The van der Waals surface area contributed by atoms with Crippen molar-refractivity contribution in [3.05, 3.63) is 22.7 Å². The molecular formula is C15H18ClN3O4. The van der Waals surface area contributed by atoms with E-state index in [0.29, 0.717) is 18.5 Å². The van der Waals surface area contributed by atoms with E-state index in [9.17, 15) is 19.8 Å². The summed E-state index contributed by atoms with van der Waals surface area (Å²) in [7, 11) is 0. The third-order valence-electron chi connectivity index (χ3n) is 3.47. The average Bonchev–Trinajstić information content (AvgIpc) is 2.70. The number of benzene rings is 1. The monoisotopic (exact) mass is 339 g/mol. The van der Waals surface area contributed by atoms with Crippen molar-refractivity contribution in [1.29, 1.82) is 0 Å². The highest BCUT2D eigenvalue weighted by molar-refractivity contribution is 6.32. The summed E-state index contributed by atoms with van der Waals surface area (Å²) in [5.41, 5.74) is 2.74. The van der Waals surface area contributed by atoms with E-state index in [1.807, 2.05) is 0 Å². The van der Waals surface area contributed by atoms with Crippen LogP contribution < -0.4 is 5.43 Å². The van der Waals surface area contributed by atoms with Crippen LogP contribution in [0.25, 0.3) is 0 Å². The van der Waals surface area contributed by atoms with Crippen molar-refractivity contribution in [3.63, 3.8) is 0 Å². The molecule has 7 nitrogen and oxygen atoms in total. The number of phenolic OH excluding ortho intramolecular Hbond substituents is 2. The van der Waals surface area contributed by atoms with Gasteiger partial charge in [0.15, 0.2) is 11.5 Å². The van der Waals surface area contributed by atoms with Crippen LogP contribution in [0, 0.1) is 0 Å². The van der Waals surface area contributed by atoms with Crippen molar-refractivity contribution in [2.45, 2.75) is 25.7 Å². The van der Waals surface area contributed by atoms with Gasteiger partial charge in [-0.1, -0.05) is 18.0 Å². The number of hydrogen-bond donors (Lipinski definition) is 3. The fourth-order valence-electron chi connectivity index (χ4n) is 2.27. The second kappa shape index (κ2) is 7.82. The maximum atomic E-state index is 11.8. The number of rotatable bonds is 4.